The van der Waals surface area contributed by atoms with E-state index in [1.165, 1.54) is 12.1 Å². The van der Waals surface area contributed by atoms with Crippen LogP contribution in [0.1, 0.15) is 23.6 Å². The number of anilines is 2. The fraction of sp³-hybridized carbons (Fsp3) is 0.269. The minimum Gasteiger partial charge on any atom is -0.493 e. The summed E-state index contributed by atoms with van der Waals surface area (Å²) in [6.45, 7) is 0. The van der Waals surface area contributed by atoms with Gasteiger partial charge >= 0.3 is 0 Å². The molecule has 10 heteroatoms. The quantitative estimate of drug-likeness (QED) is 0.491. The predicted molar refractivity (Wildman–Crippen MR) is 141 cm³/mol. The molecule has 1 heterocycles. The maximum absolute atomic E-state index is 11.8. The molecular formula is C26H30N4O5S. The molecule has 0 saturated heterocycles. The highest BCUT2D eigenvalue weighted by Crippen LogP contribution is 2.44. The number of sulfonamides is 1. The van der Waals surface area contributed by atoms with Gasteiger partial charge in [0, 0.05) is 26.2 Å². The maximum Gasteiger partial charge on any atom is 0.238 e. The Morgan fingerprint density at radius 3 is 1.97 bits per heavy atom. The number of nitrogens with zero attached hydrogens (tertiary/aromatic N) is 3. The lowest BCUT2D eigenvalue weighted by Gasteiger charge is -2.25. The average Bonchev–Trinajstić information content (AvgIpc) is 3.33. The van der Waals surface area contributed by atoms with Gasteiger partial charge in [-0.15, -0.1) is 0 Å². The third-order valence-electron chi connectivity index (χ3n) is 6.13. The summed E-state index contributed by atoms with van der Waals surface area (Å²) in [6, 6.07) is 18.2. The summed E-state index contributed by atoms with van der Waals surface area (Å²) < 4.78 is 40.2. The second-order valence-corrected chi connectivity index (χ2v) is 10.1. The van der Waals surface area contributed by atoms with Gasteiger partial charge in [-0.1, -0.05) is 12.1 Å². The van der Waals surface area contributed by atoms with E-state index in [2.05, 4.69) is 12.1 Å². The molecule has 0 spiro atoms. The summed E-state index contributed by atoms with van der Waals surface area (Å²) in [7, 11) is 4.90. The van der Waals surface area contributed by atoms with Gasteiger partial charge in [-0.3, -0.25) is 5.01 Å². The molecule has 3 aromatic carbocycles. The summed E-state index contributed by atoms with van der Waals surface area (Å²) in [5, 5.41) is 12.1. The smallest absolute Gasteiger partial charge is 0.238 e. The number of rotatable bonds is 8. The zero-order chi connectivity index (χ0) is 26.0. The summed E-state index contributed by atoms with van der Waals surface area (Å²) in [5.74, 6) is 1.59. The first-order valence-electron chi connectivity index (χ1n) is 11.2. The molecule has 1 aliphatic rings. The van der Waals surface area contributed by atoms with Crippen LogP contribution in [0, 0.1) is 0 Å². The lowest BCUT2D eigenvalue weighted by molar-refractivity contribution is 0.323. The Labute approximate surface area is 211 Å². The lowest BCUT2D eigenvalue weighted by atomic mass is 9.97. The first-order valence-corrected chi connectivity index (χ1v) is 12.8. The number of hydrazone groups is 1. The Morgan fingerprint density at radius 2 is 1.50 bits per heavy atom. The molecule has 0 aliphatic carbocycles. The molecule has 0 aromatic heterocycles. The Kier molecular flexibility index (Phi) is 7.09. The molecule has 190 valence electrons. The molecule has 1 unspecified atom stereocenters. The predicted octanol–water partition coefficient (Wildman–Crippen LogP) is 3.78. The molecule has 0 amide bonds. The van der Waals surface area contributed by atoms with E-state index in [0.717, 1.165) is 28.2 Å². The number of nitrogens with two attached hydrogens (primary N) is 1. The Balaban J connectivity index is 1.80. The van der Waals surface area contributed by atoms with Crippen molar-refractivity contribution in [2.45, 2.75) is 17.4 Å². The van der Waals surface area contributed by atoms with E-state index in [9.17, 15) is 8.42 Å². The van der Waals surface area contributed by atoms with Gasteiger partial charge in [0.2, 0.25) is 15.8 Å². The van der Waals surface area contributed by atoms with Gasteiger partial charge in [0.05, 0.1) is 43.7 Å². The first-order chi connectivity index (χ1) is 17.2. The highest BCUT2D eigenvalue weighted by molar-refractivity contribution is 7.89. The van der Waals surface area contributed by atoms with Crippen molar-refractivity contribution >= 4 is 27.1 Å². The Morgan fingerprint density at radius 1 is 0.917 bits per heavy atom. The standard InChI is InChI=1S/C26H30N4O5S/c1-29(2)19-8-6-17(7-9-19)22-16-23(18-14-24(33-3)26(35-5)25(15-18)34-4)30(28-22)20-10-12-21(13-11-20)36(27,31)32/h6-15,23H,16H2,1-5H3,(H2,27,31,32). The minimum absolute atomic E-state index is 0.0401. The lowest BCUT2D eigenvalue weighted by Crippen LogP contribution is -2.19. The van der Waals surface area contributed by atoms with Crippen molar-refractivity contribution in [1.82, 2.24) is 0 Å². The number of benzene rings is 3. The second-order valence-electron chi connectivity index (χ2n) is 8.55. The van der Waals surface area contributed by atoms with Gasteiger partial charge in [-0.25, -0.2) is 13.6 Å². The van der Waals surface area contributed by atoms with Crippen molar-refractivity contribution in [2.75, 3.05) is 45.3 Å². The van der Waals surface area contributed by atoms with Crippen LogP contribution >= 0.6 is 0 Å². The Hall–Kier alpha value is -3.76. The molecule has 2 N–H and O–H groups in total. The molecule has 0 saturated carbocycles. The van der Waals surface area contributed by atoms with Gasteiger partial charge in [-0.05, 0) is 59.7 Å². The largest absolute Gasteiger partial charge is 0.493 e. The van der Waals surface area contributed by atoms with E-state index < -0.39 is 10.0 Å². The van der Waals surface area contributed by atoms with Gasteiger partial charge in [0.15, 0.2) is 11.5 Å². The van der Waals surface area contributed by atoms with Crippen LogP contribution in [0.2, 0.25) is 0 Å². The summed E-state index contributed by atoms with van der Waals surface area (Å²) in [6.07, 6.45) is 0.608. The fourth-order valence-corrected chi connectivity index (χ4v) is 4.73. The Bertz CT molecular complexity index is 1350. The van der Waals surface area contributed by atoms with Crippen LogP contribution in [0.4, 0.5) is 11.4 Å². The summed E-state index contributed by atoms with van der Waals surface area (Å²) >= 11 is 0. The maximum atomic E-state index is 11.8. The highest BCUT2D eigenvalue weighted by Gasteiger charge is 2.32. The van der Waals surface area contributed by atoms with Crippen molar-refractivity contribution in [3.63, 3.8) is 0 Å². The van der Waals surface area contributed by atoms with Crippen LogP contribution < -0.4 is 29.3 Å². The van der Waals surface area contributed by atoms with Crippen molar-refractivity contribution in [1.29, 1.82) is 0 Å². The number of primary sulfonamides is 1. The number of methoxy groups -OCH3 is 3. The molecular weight excluding hydrogens is 480 g/mol. The second kappa shape index (κ2) is 10.1. The van der Waals surface area contributed by atoms with Gasteiger partial charge < -0.3 is 19.1 Å². The van der Waals surface area contributed by atoms with E-state index >= 15 is 0 Å². The van der Waals surface area contributed by atoms with Crippen molar-refractivity contribution in [2.24, 2.45) is 10.2 Å². The third-order valence-corrected chi connectivity index (χ3v) is 7.06. The van der Waals surface area contributed by atoms with Crippen LogP contribution in [0.25, 0.3) is 0 Å². The number of ether oxygens (including phenoxy) is 3. The molecule has 3 aromatic rings. The molecule has 9 nitrogen and oxygen atoms in total. The monoisotopic (exact) mass is 510 g/mol. The van der Waals surface area contributed by atoms with Crippen molar-refractivity contribution in [3.05, 3.63) is 71.8 Å². The molecule has 0 bridgehead atoms. The first kappa shape index (κ1) is 25.3. The molecule has 0 fully saturated rings. The van der Waals surface area contributed by atoms with Gasteiger partial charge in [0.1, 0.15) is 0 Å². The van der Waals surface area contributed by atoms with Crippen LogP contribution in [0.5, 0.6) is 17.2 Å². The molecule has 1 atom stereocenters. The molecule has 0 radical (unpaired) electrons. The van der Waals surface area contributed by atoms with Gasteiger partial charge in [-0.2, -0.15) is 5.10 Å². The van der Waals surface area contributed by atoms with E-state index in [1.807, 2.05) is 48.3 Å². The third kappa shape index (κ3) is 4.95. The summed E-state index contributed by atoms with van der Waals surface area (Å²) in [5.41, 5.74) is 4.62. The normalized spacial score (nSPS) is 15.4. The fourth-order valence-electron chi connectivity index (χ4n) is 4.22. The molecule has 36 heavy (non-hydrogen) atoms. The number of hydrogen-bond donors (Lipinski definition) is 1. The van der Waals surface area contributed by atoms with E-state index in [-0.39, 0.29) is 10.9 Å². The van der Waals surface area contributed by atoms with E-state index in [4.69, 9.17) is 24.5 Å². The minimum atomic E-state index is -3.80. The van der Waals surface area contributed by atoms with Crippen LogP contribution in [-0.4, -0.2) is 49.6 Å². The highest BCUT2D eigenvalue weighted by atomic mass is 32.2. The zero-order valence-electron chi connectivity index (χ0n) is 20.9. The van der Waals surface area contributed by atoms with Crippen LogP contribution in [0.15, 0.2) is 70.7 Å². The van der Waals surface area contributed by atoms with Crippen LogP contribution in [-0.2, 0) is 10.0 Å². The summed E-state index contributed by atoms with van der Waals surface area (Å²) in [4.78, 5) is 2.08. The van der Waals surface area contributed by atoms with Crippen LogP contribution in [0.3, 0.4) is 0 Å². The zero-order valence-corrected chi connectivity index (χ0v) is 21.7. The van der Waals surface area contributed by atoms with Gasteiger partial charge in [0.25, 0.3) is 0 Å². The van der Waals surface area contributed by atoms with Crippen molar-refractivity contribution < 1.29 is 22.6 Å². The van der Waals surface area contributed by atoms with E-state index in [1.54, 1.807) is 33.5 Å². The molecule has 4 rings (SSSR count). The SMILES string of the molecule is COc1cc(C2CC(c3ccc(N(C)C)cc3)=NN2c2ccc(S(N)(=O)=O)cc2)cc(OC)c1OC. The average molecular weight is 511 g/mol. The molecule has 1 aliphatic heterocycles. The number of hydrogen-bond acceptors (Lipinski definition) is 8. The topological polar surface area (TPSA) is 107 Å². The van der Waals surface area contributed by atoms with E-state index in [0.29, 0.717) is 23.7 Å². The van der Waals surface area contributed by atoms with Crippen molar-refractivity contribution in [3.8, 4) is 17.2 Å².